The SMILES string of the molecule is CC(C)OCCCn1c(S[C@H](C)C(=O)NC(N)=O)nc2ccccc2c1=O. The van der Waals surface area contributed by atoms with E-state index < -0.39 is 17.2 Å². The maximum Gasteiger partial charge on any atom is 0.318 e. The van der Waals surface area contributed by atoms with Crippen LogP contribution in [0.1, 0.15) is 27.2 Å². The molecular formula is C18H24N4O4S. The third-order valence-electron chi connectivity index (χ3n) is 3.70. The zero-order valence-corrected chi connectivity index (χ0v) is 16.4. The molecule has 8 nitrogen and oxygen atoms in total. The van der Waals surface area contributed by atoms with Gasteiger partial charge in [0, 0.05) is 13.2 Å². The quantitative estimate of drug-likeness (QED) is 0.403. The van der Waals surface area contributed by atoms with Crippen LogP contribution in [-0.4, -0.2) is 39.5 Å². The van der Waals surface area contributed by atoms with Crippen molar-refractivity contribution in [3.8, 4) is 0 Å². The molecule has 0 aliphatic heterocycles. The normalized spacial score (nSPS) is 12.3. The van der Waals surface area contributed by atoms with Crippen LogP contribution in [0.2, 0.25) is 0 Å². The van der Waals surface area contributed by atoms with Gasteiger partial charge < -0.3 is 10.5 Å². The predicted octanol–water partition coefficient (Wildman–Crippen LogP) is 1.89. The van der Waals surface area contributed by atoms with E-state index in [4.69, 9.17) is 10.5 Å². The summed E-state index contributed by atoms with van der Waals surface area (Å²) in [7, 11) is 0. The molecule has 3 amide bonds. The highest BCUT2D eigenvalue weighted by atomic mass is 32.2. The summed E-state index contributed by atoms with van der Waals surface area (Å²) in [6, 6.07) is 6.15. The Morgan fingerprint density at radius 3 is 2.67 bits per heavy atom. The van der Waals surface area contributed by atoms with E-state index >= 15 is 0 Å². The molecule has 1 heterocycles. The van der Waals surface area contributed by atoms with Gasteiger partial charge in [0.2, 0.25) is 5.91 Å². The minimum atomic E-state index is -0.915. The number of urea groups is 1. The van der Waals surface area contributed by atoms with E-state index in [1.54, 1.807) is 35.8 Å². The Morgan fingerprint density at radius 2 is 2.00 bits per heavy atom. The number of aromatic nitrogens is 2. The Bertz CT molecular complexity index is 881. The molecular weight excluding hydrogens is 368 g/mol. The highest BCUT2D eigenvalue weighted by Crippen LogP contribution is 2.23. The smallest absolute Gasteiger partial charge is 0.318 e. The lowest BCUT2D eigenvalue weighted by Crippen LogP contribution is -2.39. The van der Waals surface area contributed by atoms with Crippen LogP contribution in [0.5, 0.6) is 0 Å². The van der Waals surface area contributed by atoms with Gasteiger partial charge in [0.05, 0.1) is 22.3 Å². The molecule has 1 aromatic carbocycles. The van der Waals surface area contributed by atoms with Crippen molar-refractivity contribution in [1.29, 1.82) is 0 Å². The number of nitrogens with zero attached hydrogens (tertiary/aromatic N) is 2. The Kier molecular flexibility index (Phi) is 7.37. The van der Waals surface area contributed by atoms with Gasteiger partial charge in [0.25, 0.3) is 5.56 Å². The number of imide groups is 1. The van der Waals surface area contributed by atoms with Crippen LogP contribution in [0.15, 0.2) is 34.2 Å². The molecule has 3 N–H and O–H groups in total. The fraction of sp³-hybridized carbons (Fsp3) is 0.444. The van der Waals surface area contributed by atoms with E-state index in [-0.39, 0.29) is 11.7 Å². The topological polar surface area (TPSA) is 116 Å². The van der Waals surface area contributed by atoms with Gasteiger partial charge in [-0.05, 0) is 39.3 Å². The number of hydrogen-bond donors (Lipinski definition) is 2. The zero-order valence-electron chi connectivity index (χ0n) is 15.6. The van der Waals surface area contributed by atoms with E-state index in [9.17, 15) is 14.4 Å². The molecule has 0 fully saturated rings. The molecule has 0 aliphatic rings. The zero-order chi connectivity index (χ0) is 20.0. The number of thioether (sulfide) groups is 1. The van der Waals surface area contributed by atoms with Crippen LogP contribution in [0, 0.1) is 0 Å². The highest BCUT2D eigenvalue weighted by molar-refractivity contribution is 8.00. The van der Waals surface area contributed by atoms with Crippen LogP contribution in [0.25, 0.3) is 10.9 Å². The lowest BCUT2D eigenvalue weighted by Gasteiger charge is -2.16. The monoisotopic (exact) mass is 392 g/mol. The fourth-order valence-corrected chi connectivity index (χ4v) is 3.35. The average molecular weight is 392 g/mol. The van der Waals surface area contributed by atoms with Gasteiger partial charge in [-0.2, -0.15) is 0 Å². The Balaban J connectivity index is 2.31. The van der Waals surface area contributed by atoms with Crippen molar-refractivity contribution in [2.24, 2.45) is 5.73 Å². The number of ether oxygens (including phenoxy) is 1. The summed E-state index contributed by atoms with van der Waals surface area (Å²) in [5.74, 6) is -0.537. The van der Waals surface area contributed by atoms with Crippen LogP contribution in [0.4, 0.5) is 4.79 Å². The van der Waals surface area contributed by atoms with E-state index in [2.05, 4.69) is 4.98 Å². The molecule has 0 radical (unpaired) electrons. The highest BCUT2D eigenvalue weighted by Gasteiger charge is 2.20. The third-order valence-corrected chi connectivity index (χ3v) is 4.79. The first-order chi connectivity index (χ1) is 12.8. The van der Waals surface area contributed by atoms with Gasteiger partial charge in [-0.1, -0.05) is 23.9 Å². The van der Waals surface area contributed by atoms with Crippen LogP contribution in [-0.2, 0) is 16.1 Å². The summed E-state index contributed by atoms with van der Waals surface area (Å²) in [5.41, 5.74) is 5.38. The summed E-state index contributed by atoms with van der Waals surface area (Å²) < 4.78 is 7.08. The number of carbonyl (C=O) groups is 2. The number of rotatable bonds is 8. The molecule has 0 saturated heterocycles. The fourth-order valence-electron chi connectivity index (χ4n) is 2.41. The maximum absolute atomic E-state index is 12.9. The van der Waals surface area contributed by atoms with Crippen molar-refractivity contribution in [3.63, 3.8) is 0 Å². The molecule has 1 atom stereocenters. The largest absolute Gasteiger partial charge is 0.379 e. The molecule has 9 heteroatoms. The molecule has 0 bridgehead atoms. The van der Waals surface area contributed by atoms with Crippen molar-refractivity contribution in [2.45, 2.75) is 50.2 Å². The van der Waals surface area contributed by atoms with E-state index in [0.29, 0.717) is 35.6 Å². The van der Waals surface area contributed by atoms with Crippen LogP contribution >= 0.6 is 11.8 Å². The summed E-state index contributed by atoms with van der Waals surface area (Å²) in [5, 5.41) is 2.32. The summed E-state index contributed by atoms with van der Waals surface area (Å²) in [6.45, 7) is 6.44. The summed E-state index contributed by atoms with van der Waals surface area (Å²) >= 11 is 1.10. The number of benzene rings is 1. The first kappa shape index (κ1) is 20.9. The van der Waals surface area contributed by atoms with Gasteiger partial charge in [0.15, 0.2) is 5.16 Å². The minimum absolute atomic E-state index is 0.114. The lowest BCUT2D eigenvalue weighted by molar-refractivity contribution is -0.119. The molecule has 2 aromatic rings. The van der Waals surface area contributed by atoms with Crippen molar-refractivity contribution < 1.29 is 14.3 Å². The number of para-hydroxylation sites is 1. The Hall–Kier alpha value is -2.39. The van der Waals surface area contributed by atoms with Gasteiger partial charge in [-0.25, -0.2) is 9.78 Å². The van der Waals surface area contributed by atoms with Crippen molar-refractivity contribution >= 4 is 34.6 Å². The van der Waals surface area contributed by atoms with Gasteiger partial charge >= 0.3 is 6.03 Å². The first-order valence-electron chi connectivity index (χ1n) is 8.67. The summed E-state index contributed by atoms with van der Waals surface area (Å²) in [6.07, 6.45) is 0.746. The number of nitrogens with one attached hydrogen (secondary N) is 1. The number of nitrogens with two attached hydrogens (primary N) is 1. The molecule has 0 aliphatic carbocycles. The molecule has 0 saturated carbocycles. The number of hydrogen-bond acceptors (Lipinski definition) is 6. The second kappa shape index (κ2) is 9.52. The molecule has 2 rings (SSSR count). The number of fused-ring (bicyclic) bond motifs is 1. The number of primary amides is 1. The van der Waals surface area contributed by atoms with E-state index in [1.807, 2.05) is 19.2 Å². The van der Waals surface area contributed by atoms with E-state index in [0.717, 1.165) is 11.8 Å². The average Bonchev–Trinajstić information content (AvgIpc) is 2.60. The molecule has 0 spiro atoms. The second-order valence-electron chi connectivity index (χ2n) is 6.25. The summed E-state index contributed by atoms with van der Waals surface area (Å²) in [4.78, 5) is 40.3. The maximum atomic E-state index is 12.9. The van der Waals surface area contributed by atoms with Crippen molar-refractivity contribution in [1.82, 2.24) is 14.9 Å². The number of amides is 3. The van der Waals surface area contributed by atoms with Crippen molar-refractivity contribution in [3.05, 3.63) is 34.6 Å². The molecule has 27 heavy (non-hydrogen) atoms. The number of carbonyl (C=O) groups excluding carboxylic acids is 2. The molecule has 146 valence electrons. The van der Waals surface area contributed by atoms with Crippen molar-refractivity contribution in [2.75, 3.05) is 6.61 Å². The van der Waals surface area contributed by atoms with Gasteiger partial charge in [-0.15, -0.1) is 0 Å². The van der Waals surface area contributed by atoms with Gasteiger partial charge in [-0.3, -0.25) is 19.5 Å². The molecule has 1 aromatic heterocycles. The predicted molar refractivity (Wildman–Crippen MR) is 105 cm³/mol. The molecule has 0 unspecified atom stereocenters. The third kappa shape index (κ3) is 5.80. The minimum Gasteiger partial charge on any atom is -0.379 e. The Labute approximate surface area is 161 Å². The lowest BCUT2D eigenvalue weighted by atomic mass is 10.2. The van der Waals surface area contributed by atoms with Crippen LogP contribution in [0.3, 0.4) is 0 Å². The standard InChI is InChI=1S/C18H24N4O4S/c1-11(2)26-10-6-9-22-16(24)13-7-4-5-8-14(13)20-18(22)27-12(3)15(23)21-17(19)25/h4-5,7-8,11-12H,6,9-10H2,1-3H3,(H3,19,21,23,25)/t12-/m1/s1. The van der Waals surface area contributed by atoms with Crippen LogP contribution < -0.4 is 16.6 Å². The Morgan fingerprint density at radius 1 is 1.30 bits per heavy atom. The van der Waals surface area contributed by atoms with Gasteiger partial charge in [0.1, 0.15) is 0 Å². The van der Waals surface area contributed by atoms with E-state index in [1.165, 1.54) is 0 Å². The first-order valence-corrected chi connectivity index (χ1v) is 9.55. The second-order valence-corrected chi connectivity index (χ2v) is 7.56.